The number of carboxylic acid groups (broad SMARTS) is 1. The molecule has 7 nitrogen and oxygen atoms in total. The van der Waals surface area contributed by atoms with Crippen LogP contribution in [0, 0.1) is 5.92 Å². The van der Waals surface area contributed by atoms with Crippen molar-refractivity contribution >= 4 is 27.6 Å². The Hall–Kier alpha value is -1.93. The molecule has 1 amide bonds. The molecular formula is C15H19N2O5S-. The van der Waals surface area contributed by atoms with E-state index in [2.05, 4.69) is 4.72 Å². The van der Waals surface area contributed by atoms with Crippen molar-refractivity contribution in [3.63, 3.8) is 0 Å². The molecule has 0 radical (unpaired) electrons. The molecule has 1 aliphatic rings. The molecule has 0 spiro atoms. The van der Waals surface area contributed by atoms with E-state index >= 15 is 0 Å². The first kappa shape index (κ1) is 17.4. The standard InChI is InChI=1S/C15H20N2O5S/c1-9(2)14(15(19)20)16-23(21,22)12-4-5-13-11(8-12)6-7-17(13)10(3)18/h4-5,8-9,14,16H,6-7H2,1-3H3,(H,19,20)/p-1. The van der Waals surface area contributed by atoms with Crippen molar-refractivity contribution in [3.05, 3.63) is 23.8 Å². The van der Waals surface area contributed by atoms with E-state index in [9.17, 15) is 23.1 Å². The van der Waals surface area contributed by atoms with Crippen molar-refractivity contribution in [2.24, 2.45) is 5.92 Å². The van der Waals surface area contributed by atoms with Gasteiger partial charge in [-0.1, -0.05) is 13.8 Å². The van der Waals surface area contributed by atoms with Gasteiger partial charge in [0.05, 0.1) is 16.9 Å². The summed E-state index contributed by atoms with van der Waals surface area (Å²) < 4.78 is 26.9. The molecule has 0 saturated carbocycles. The number of carbonyl (C=O) groups excluding carboxylic acids is 2. The van der Waals surface area contributed by atoms with Crippen LogP contribution in [0.1, 0.15) is 26.3 Å². The molecule has 2 rings (SSSR count). The number of hydrogen-bond acceptors (Lipinski definition) is 5. The Morgan fingerprint density at radius 2 is 1.96 bits per heavy atom. The van der Waals surface area contributed by atoms with Crippen molar-refractivity contribution in [1.29, 1.82) is 0 Å². The predicted octanol–water partition coefficient (Wildman–Crippen LogP) is -0.352. The number of amides is 1. The third-order valence-corrected chi connectivity index (χ3v) is 5.28. The summed E-state index contributed by atoms with van der Waals surface area (Å²) in [5, 5.41) is 11.1. The number of aliphatic carboxylic acids is 1. The van der Waals surface area contributed by atoms with Crippen LogP contribution in [0.2, 0.25) is 0 Å². The fourth-order valence-electron chi connectivity index (χ4n) is 2.56. The maximum atomic E-state index is 12.4. The molecular weight excluding hydrogens is 320 g/mol. The SMILES string of the molecule is CC(=O)N1CCc2cc(S(=O)(=O)NC(C(=O)[O-])C(C)C)ccc21. The van der Waals surface area contributed by atoms with E-state index in [4.69, 9.17) is 0 Å². The molecule has 1 atom stereocenters. The van der Waals surface area contributed by atoms with Crippen LogP contribution in [-0.2, 0) is 26.0 Å². The summed E-state index contributed by atoms with van der Waals surface area (Å²) in [7, 11) is -3.98. The Labute approximate surface area is 135 Å². The molecule has 1 aliphatic heterocycles. The van der Waals surface area contributed by atoms with Crippen LogP contribution >= 0.6 is 0 Å². The second-order valence-corrected chi connectivity index (χ2v) is 7.59. The number of rotatable bonds is 5. The molecule has 126 valence electrons. The summed E-state index contributed by atoms with van der Waals surface area (Å²) >= 11 is 0. The topological polar surface area (TPSA) is 107 Å². The minimum Gasteiger partial charge on any atom is -0.548 e. The van der Waals surface area contributed by atoms with Crippen molar-refractivity contribution in [2.45, 2.75) is 38.1 Å². The van der Waals surface area contributed by atoms with Crippen LogP contribution in [0.4, 0.5) is 5.69 Å². The Kier molecular flexibility index (Phi) is 4.76. The molecule has 1 heterocycles. The van der Waals surface area contributed by atoms with Gasteiger partial charge in [-0.3, -0.25) is 4.79 Å². The van der Waals surface area contributed by atoms with E-state index in [1.165, 1.54) is 19.1 Å². The van der Waals surface area contributed by atoms with Gasteiger partial charge >= 0.3 is 0 Å². The molecule has 8 heteroatoms. The normalized spacial score (nSPS) is 15.6. The Balaban J connectivity index is 2.32. The van der Waals surface area contributed by atoms with Gasteiger partial charge in [0.2, 0.25) is 15.9 Å². The van der Waals surface area contributed by atoms with Gasteiger partial charge in [0, 0.05) is 19.2 Å². The third-order valence-electron chi connectivity index (χ3n) is 3.84. The summed E-state index contributed by atoms with van der Waals surface area (Å²) in [5.41, 5.74) is 1.44. The van der Waals surface area contributed by atoms with Crippen molar-refractivity contribution in [2.75, 3.05) is 11.4 Å². The highest BCUT2D eigenvalue weighted by Gasteiger charge is 2.27. The van der Waals surface area contributed by atoms with E-state index < -0.39 is 28.0 Å². The van der Waals surface area contributed by atoms with Gasteiger partial charge in [0.1, 0.15) is 0 Å². The maximum absolute atomic E-state index is 12.4. The number of hydrogen-bond donors (Lipinski definition) is 1. The van der Waals surface area contributed by atoms with Crippen LogP contribution in [0.3, 0.4) is 0 Å². The number of carboxylic acids is 1. The number of benzene rings is 1. The smallest absolute Gasteiger partial charge is 0.241 e. The summed E-state index contributed by atoms with van der Waals surface area (Å²) in [6.45, 7) is 5.15. The first-order valence-electron chi connectivity index (χ1n) is 7.27. The number of fused-ring (bicyclic) bond motifs is 1. The van der Waals surface area contributed by atoms with Gasteiger partial charge in [-0.15, -0.1) is 0 Å². The van der Waals surface area contributed by atoms with E-state index in [-0.39, 0.29) is 10.8 Å². The predicted molar refractivity (Wildman–Crippen MR) is 82.1 cm³/mol. The van der Waals surface area contributed by atoms with Crippen LogP contribution < -0.4 is 14.7 Å². The van der Waals surface area contributed by atoms with Crippen molar-refractivity contribution in [1.82, 2.24) is 4.72 Å². The van der Waals surface area contributed by atoms with E-state index in [1.54, 1.807) is 24.8 Å². The van der Waals surface area contributed by atoms with Gasteiger partial charge in [0.15, 0.2) is 0 Å². The molecule has 0 fully saturated rings. The molecule has 23 heavy (non-hydrogen) atoms. The Morgan fingerprint density at radius 3 is 2.48 bits per heavy atom. The van der Waals surface area contributed by atoms with Gasteiger partial charge in [0.25, 0.3) is 0 Å². The maximum Gasteiger partial charge on any atom is 0.241 e. The molecule has 1 unspecified atom stereocenters. The first-order chi connectivity index (χ1) is 10.6. The van der Waals surface area contributed by atoms with E-state index in [0.29, 0.717) is 18.7 Å². The fourth-order valence-corrected chi connectivity index (χ4v) is 3.95. The fraction of sp³-hybridized carbons (Fsp3) is 0.467. The van der Waals surface area contributed by atoms with Crippen molar-refractivity contribution in [3.8, 4) is 0 Å². The molecule has 0 aromatic heterocycles. The monoisotopic (exact) mass is 339 g/mol. The van der Waals surface area contributed by atoms with Crippen LogP contribution in [0.25, 0.3) is 0 Å². The first-order valence-corrected chi connectivity index (χ1v) is 8.76. The van der Waals surface area contributed by atoms with Gasteiger partial charge < -0.3 is 14.8 Å². The lowest BCUT2D eigenvalue weighted by Gasteiger charge is -2.23. The molecule has 0 bridgehead atoms. The lowest BCUT2D eigenvalue weighted by molar-refractivity contribution is -0.309. The molecule has 1 aromatic carbocycles. The lowest BCUT2D eigenvalue weighted by Crippen LogP contribution is -2.50. The quantitative estimate of drug-likeness (QED) is 0.789. The second kappa shape index (κ2) is 6.29. The third kappa shape index (κ3) is 3.53. The second-order valence-electron chi connectivity index (χ2n) is 5.87. The lowest BCUT2D eigenvalue weighted by atomic mass is 10.1. The summed E-state index contributed by atoms with van der Waals surface area (Å²) in [6, 6.07) is 3.12. The van der Waals surface area contributed by atoms with Crippen LogP contribution in [-0.4, -0.2) is 32.9 Å². The minimum atomic E-state index is -3.98. The number of anilines is 1. The highest BCUT2D eigenvalue weighted by molar-refractivity contribution is 7.89. The van der Waals surface area contributed by atoms with E-state index in [1.807, 2.05) is 0 Å². The van der Waals surface area contributed by atoms with Crippen molar-refractivity contribution < 1.29 is 23.1 Å². The zero-order valence-corrected chi connectivity index (χ0v) is 14.0. The minimum absolute atomic E-state index is 0.0199. The number of nitrogens with one attached hydrogen (secondary N) is 1. The number of sulfonamides is 1. The summed E-state index contributed by atoms with van der Waals surface area (Å²) in [4.78, 5) is 24.1. The molecule has 0 saturated heterocycles. The Morgan fingerprint density at radius 1 is 1.30 bits per heavy atom. The van der Waals surface area contributed by atoms with E-state index in [0.717, 1.165) is 5.56 Å². The summed E-state index contributed by atoms with van der Waals surface area (Å²) in [5.74, 6) is -2.01. The summed E-state index contributed by atoms with van der Waals surface area (Å²) in [6.07, 6.45) is 0.562. The molecule has 1 aromatic rings. The van der Waals surface area contributed by atoms with Crippen LogP contribution in [0.5, 0.6) is 0 Å². The highest BCUT2D eigenvalue weighted by atomic mass is 32.2. The van der Waals surface area contributed by atoms with Gasteiger partial charge in [-0.2, -0.15) is 0 Å². The van der Waals surface area contributed by atoms with Crippen LogP contribution in [0.15, 0.2) is 23.1 Å². The average molecular weight is 339 g/mol. The molecule has 1 N–H and O–H groups in total. The number of nitrogens with zero attached hydrogens (tertiary/aromatic N) is 1. The largest absolute Gasteiger partial charge is 0.548 e. The zero-order chi connectivity index (χ0) is 17.4. The molecule has 0 aliphatic carbocycles. The number of carbonyl (C=O) groups is 2. The highest BCUT2D eigenvalue weighted by Crippen LogP contribution is 2.30. The average Bonchev–Trinajstić information content (AvgIpc) is 2.87. The Bertz CT molecular complexity index is 742. The van der Waals surface area contributed by atoms with Gasteiger partial charge in [-0.05, 0) is 36.1 Å². The van der Waals surface area contributed by atoms with Gasteiger partial charge in [-0.25, -0.2) is 13.1 Å². The zero-order valence-electron chi connectivity index (χ0n) is 13.2.